The zero-order valence-corrected chi connectivity index (χ0v) is 9.32. The van der Waals surface area contributed by atoms with E-state index in [0.29, 0.717) is 23.5 Å². The Labute approximate surface area is 94.5 Å². The fraction of sp³-hybridized carbons (Fsp3) is 0.273. The quantitative estimate of drug-likeness (QED) is 0.740. The molecule has 0 aliphatic rings. The highest BCUT2D eigenvalue weighted by molar-refractivity contribution is 5.92. The molecule has 1 rings (SSSR count). The van der Waals surface area contributed by atoms with Crippen molar-refractivity contribution in [1.29, 1.82) is 5.26 Å². The third-order valence-corrected chi connectivity index (χ3v) is 2.24. The number of hydrogen-bond acceptors (Lipinski definition) is 3. The lowest BCUT2D eigenvalue weighted by Crippen LogP contribution is -2.31. The highest BCUT2D eigenvalue weighted by atomic mass is 16.2. The number of carbonyl (C=O) groups excluding carboxylic acids is 1. The molecule has 0 aliphatic heterocycles. The number of nitrogens with two attached hydrogens (primary N) is 1. The predicted molar refractivity (Wildman–Crippen MR) is 62.9 cm³/mol. The minimum atomic E-state index is -0.223. The Morgan fingerprint density at radius 3 is 2.81 bits per heavy atom. The van der Waals surface area contributed by atoms with Crippen molar-refractivity contribution in [2.75, 3.05) is 24.6 Å². The number of nitrogens with one attached hydrogen (secondary N) is 1. The molecule has 16 heavy (non-hydrogen) atoms. The topological polar surface area (TPSA) is 82.2 Å². The van der Waals surface area contributed by atoms with Crippen molar-refractivity contribution in [1.82, 2.24) is 4.90 Å². The van der Waals surface area contributed by atoms with E-state index < -0.39 is 0 Å². The van der Waals surface area contributed by atoms with E-state index in [4.69, 9.17) is 11.0 Å². The van der Waals surface area contributed by atoms with Crippen LogP contribution in [0.15, 0.2) is 18.2 Å². The molecule has 0 saturated heterocycles. The first-order chi connectivity index (χ1) is 7.58. The SMILES string of the molecule is CCN(C)C(=O)Nc1ccc(C#N)cc1N. The largest absolute Gasteiger partial charge is 0.397 e. The first-order valence-corrected chi connectivity index (χ1v) is 4.90. The van der Waals surface area contributed by atoms with Crippen molar-refractivity contribution in [3.63, 3.8) is 0 Å². The van der Waals surface area contributed by atoms with Crippen LogP contribution in [0.1, 0.15) is 12.5 Å². The number of hydrogen-bond donors (Lipinski definition) is 2. The second-order valence-corrected chi connectivity index (χ2v) is 3.36. The molecule has 84 valence electrons. The van der Waals surface area contributed by atoms with Gasteiger partial charge in [-0.2, -0.15) is 5.26 Å². The summed E-state index contributed by atoms with van der Waals surface area (Å²) in [5, 5.41) is 11.3. The summed E-state index contributed by atoms with van der Waals surface area (Å²) < 4.78 is 0. The fourth-order valence-corrected chi connectivity index (χ4v) is 1.10. The zero-order valence-electron chi connectivity index (χ0n) is 9.32. The highest BCUT2D eigenvalue weighted by Gasteiger charge is 2.08. The molecule has 0 saturated carbocycles. The molecule has 0 atom stereocenters. The van der Waals surface area contributed by atoms with E-state index in [1.807, 2.05) is 13.0 Å². The van der Waals surface area contributed by atoms with Gasteiger partial charge in [0.25, 0.3) is 0 Å². The van der Waals surface area contributed by atoms with Crippen molar-refractivity contribution < 1.29 is 4.79 Å². The Balaban J connectivity index is 2.83. The van der Waals surface area contributed by atoms with Crippen molar-refractivity contribution in [2.24, 2.45) is 0 Å². The molecule has 0 aromatic heterocycles. The molecule has 3 N–H and O–H groups in total. The highest BCUT2D eigenvalue weighted by Crippen LogP contribution is 2.19. The second-order valence-electron chi connectivity index (χ2n) is 3.36. The molecular formula is C11H14N4O. The van der Waals surface area contributed by atoms with Crippen LogP contribution in [0.5, 0.6) is 0 Å². The number of benzene rings is 1. The van der Waals surface area contributed by atoms with Gasteiger partial charge in [-0.15, -0.1) is 0 Å². The first kappa shape index (κ1) is 11.9. The standard InChI is InChI=1S/C11H14N4O/c1-3-15(2)11(16)14-10-5-4-8(7-12)6-9(10)13/h4-6H,3,13H2,1-2H3,(H,14,16). The van der Waals surface area contributed by atoms with Gasteiger partial charge in [0.15, 0.2) is 0 Å². The van der Waals surface area contributed by atoms with Crippen molar-refractivity contribution in [3.05, 3.63) is 23.8 Å². The third-order valence-electron chi connectivity index (χ3n) is 2.24. The second kappa shape index (κ2) is 5.03. The van der Waals surface area contributed by atoms with Crippen LogP contribution < -0.4 is 11.1 Å². The van der Waals surface area contributed by atoms with Crippen molar-refractivity contribution >= 4 is 17.4 Å². The van der Waals surface area contributed by atoms with Gasteiger partial charge in [0.05, 0.1) is 23.0 Å². The van der Waals surface area contributed by atoms with E-state index in [1.54, 1.807) is 19.2 Å². The van der Waals surface area contributed by atoms with E-state index in [2.05, 4.69) is 5.32 Å². The monoisotopic (exact) mass is 218 g/mol. The van der Waals surface area contributed by atoms with Gasteiger partial charge < -0.3 is 16.0 Å². The summed E-state index contributed by atoms with van der Waals surface area (Å²) in [5.74, 6) is 0. The number of nitrogens with zero attached hydrogens (tertiary/aromatic N) is 2. The Kier molecular flexibility index (Phi) is 3.72. The first-order valence-electron chi connectivity index (χ1n) is 4.90. The van der Waals surface area contributed by atoms with Gasteiger partial charge in [-0.3, -0.25) is 0 Å². The number of nitrogen functional groups attached to an aromatic ring is 1. The van der Waals surface area contributed by atoms with Gasteiger partial charge in [-0.1, -0.05) is 0 Å². The number of urea groups is 1. The third kappa shape index (κ3) is 2.64. The summed E-state index contributed by atoms with van der Waals surface area (Å²) in [7, 11) is 1.69. The van der Waals surface area contributed by atoms with Crippen LogP contribution in [0.25, 0.3) is 0 Å². The van der Waals surface area contributed by atoms with Crippen LogP contribution in [-0.2, 0) is 0 Å². The predicted octanol–water partition coefficient (Wildman–Crippen LogP) is 1.62. The van der Waals surface area contributed by atoms with E-state index in [-0.39, 0.29) is 6.03 Å². The molecule has 5 heteroatoms. The van der Waals surface area contributed by atoms with E-state index in [1.165, 1.54) is 11.0 Å². The number of nitriles is 1. The van der Waals surface area contributed by atoms with E-state index in [0.717, 1.165) is 0 Å². The molecule has 1 aromatic rings. The number of amides is 2. The lowest BCUT2D eigenvalue weighted by atomic mass is 10.2. The molecule has 0 fully saturated rings. The minimum absolute atomic E-state index is 0.223. The van der Waals surface area contributed by atoms with Crippen LogP contribution in [0.2, 0.25) is 0 Å². The maximum absolute atomic E-state index is 11.5. The Bertz CT molecular complexity index is 436. The molecular weight excluding hydrogens is 204 g/mol. The van der Waals surface area contributed by atoms with E-state index >= 15 is 0 Å². The van der Waals surface area contributed by atoms with Gasteiger partial charge in [0.2, 0.25) is 0 Å². The smallest absolute Gasteiger partial charge is 0.321 e. The van der Waals surface area contributed by atoms with Gasteiger partial charge in [-0.05, 0) is 25.1 Å². The molecule has 1 aromatic carbocycles. The van der Waals surface area contributed by atoms with Gasteiger partial charge in [-0.25, -0.2) is 4.79 Å². The van der Waals surface area contributed by atoms with E-state index in [9.17, 15) is 4.79 Å². The normalized spacial score (nSPS) is 9.31. The lowest BCUT2D eigenvalue weighted by Gasteiger charge is -2.16. The Morgan fingerprint density at radius 2 is 2.31 bits per heavy atom. The van der Waals surface area contributed by atoms with Gasteiger partial charge >= 0.3 is 6.03 Å². The summed E-state index contributed by atoms with van der Waals surface area (Å²) >= 11 is 0. The Morgan fingerprint density at radius 1 is 1.62 bits per heavy atom. The summed E-state index contributed by atoms with van der Waals surface area (Å²) in [5.41, 5.74) is 7.08. The van der Waals surface area contributed by atoms with Crippen LogP contribution in [0, 0.1) is 11.3 Å². The molecule has 5 nitrogen and oxygen atoms in total. The summed E-state index contributed by atoms with van der Waals surface area (Å²) in [4.78, 5) is 13.1. The van der Waals surface area contributed by atoms with Crippen LogP contribution in [0.3, 0.4) is 0 Å². The zero-order chi connectivity index (χ0) is 12.1. The average Bonchev–Trinajstić information content (AvgIpc) is 2.30. The molecule has 0 bridgehead atoms. The van der Waals surface area contributed by atoms with Gasteiger partial charge in [0, 0.05) is 13.6 Å². The van der Waals surface area contributed by atoms with Crippen LogP contribution >= 0.6 is 0 Å². The maximum atomic E-state index is 11.5. The summed E-state index contributed by atoms with van der Waals surface area (Å²) in [6.07, 6.45) is 0. The van der Waals surface area contributed by atoms with Crippen molar-refractivity contribution in [2.45, 2.75) is 6.92 Å². The number of carbonyl (C=O) groups is 1. The molecule has 2 amide bonds. The molecule has 0 aliphatic carbocycles. The molecule has 0 radical (unpaired) electrons. The molecule has 0 spiro atoms. The van der Waals surface area contributed by atoms with Crippen LogP contribution in [0.4, 0.5) is 16.2 Å². The molecule has 0 unspecified atom stereocenters. The maximum Gasteiger partial charge on any atom is 0.321 e. The minimum Gasteiger partial charge on any atom is -0.397 e. The van der Waals surface area contributed by atoms with Crippen molar-refractivity contribution in [3.8, 4) is 6.07 Å². The average molecular weight is 218 g/mol. The fourth-order valence-electron chi connectivity index (χ4n) is 1.10. The molecule has 0 heterocycles. The lowest BCUT2D eigenvalue weighted by molar-refractivity contribution is 0.224. The summed E-state index contributed by atoms with van der Waals surface area (Å²) in [6.45, 7) is 2.49. The van der Waals surface area contributed by atoms with Gasteiger partial charge in [0.1, 0.15) is 0 Å². The Hall–Kier alpha value is -2.22. The number of anilines is 2. The number of rotatable bonds is 2. The summed E-state index contributed by atoms with van der Waals surface area (Å²) in [6, 6.07) is 6.51. The van der Waals surface area contributed by atoms with Crippen LogP contribution in [-0.4, -0.2) is 24.5 Å².